The molecule has 4 aromatic rings. The highest BCUT2D eigenvalue weighted by molar-refractivity contribution is 6.30. The second-order valence-electron chi connectivity index (χ2n) is 8.39. The molecule has 2 heterocycles. The van der Waals surface area contributed by atoms with Gasteiger partial charge in [-0.1, -0.05) is 78.3 Å². The fourth-order valence-corrected chi connectivity index (χ4v) is 4.31. The number of carbonyl (C=O) groups excluding carboxylic acids is 1. The third-order valence-electron chi connectivity index (χ3n) is 6.16. The van der Waals surface area contributed by atoms with Crippen LogP contribution in [0.25, 0.3) is 22.4 Å². The quantitative estimate of drug-likeness (QED) is 0.396. The molecule has 5 nitrogen and oxygen atoms in total. The summed E-state index contributed by atoms with van der Waals surface area (Å²) in [4.78, 5) is 17.0. The van der Waals surface area contributed by atoms with Crippen molar-refractivity contribution in [3.8, 4) is 22.4 Å². The molecule has 0 N–H and O–H groups in total. The standard InChI is InChI=1S/C28H25ClN4O/c29-25-12-10-24(11-13-25)26-14-15-27(31-30-26)32-16-18-33(19-17-32)28(34)20-21-6-8-23(9-7-21)22-4-2-1-3-5-22/h1-15H,16-20H2. The predicted octanol–water partition coefficient (Wildman–Crippen LogP) is 5.36. The minimum absolute atomic E-state index is 0.163. The van der Waals surface area contributed by atoms with Crippen LogP contribution in [-0.4, -0.2) is 47.2 Å². The summed E-state index contributed by atoms with van der Waals surface area (Å²) < 4.78 is 0. The summed E-state index contributed by atoms with van der Waals surface area (Å²) in [5, 5.41) is 9.49. The van der Waals surface area contributed by atoms with Crippen LogP contribution in [0.3, 0.4) is 0 Å². The van der Waals surface area contributed by atoms with Gasteiger partial charge in [0, 0.05) is 36.8 Å². The molecule has 170 valence electrons. The minimum Gasteiger partial charge on any atom is -0.352 e. The second-order valence-corrected chi connectivity index (χ2v) is 8.83. The minimum atomic E-state index is 0.163. The molecule has 6 heteroatoms. The van der Waals surface area contributed by atoms with E-state index in [0.29, 0.717) is 24.5 Å². The van der Waals surface area contributed by atoms with E-state index in [9.17, 15) is 4.79 Å². The number of aromatic nitrogens is 2. The van der Waals surface area contributed by atoms with Gasteiger partial charge in [-0.3, -0.25) is 4.79 Å². The van der Waals surface area contributed by atoms with Crippen LogP contribution < -0.4 is 4.90 Å². The molecule has 5 rings (SSSR count). The molecular weight excluding hydrogens is 444 g/mol. The van der Waals surface area contributed by atoms with Gasteiger partial charge in [0.1, 0.15) is 0 Å². The summed E-state index contributed by atoms with van der Waals surface area (Å²) in [6.07, 6.45) is 0.421. The lowest BCUT2D eigenvalue weighted by Gasteiger charge is -2.35. The smallest absolute Gasteiger partial charge is 0.227 e. The molecule has 0 unspecified atom stereocenters. The largest absolute Gasteiger partial charge is 0.352 e. The van der Waals surface area contributed by atoms with Crippen LogP contribution in [0.4, 0.5) is 5.82 Å². The molecule has 1 aromatic heterocycles. The second kappa shape index (κ2) is 10.1. The average Bonchev–Trinajstić information content (AvgIpc) is 2.90. The molecule has 1 aliphatic heterocycles. The first-order chi connectivity index (χ1) is 16.7. The highest BCUT2D eigenvalue weighted by Crippen LogP contribution is 2.22. The number of anilines is 1. The van der Waals surface area contributed by atoms with Crippen molar-refractivity contribution in [3.63, 3.8) is 0 Å². The molecule has 0 radical (unpaired) electrons. The highest BCUT2D eigenvalue weighted by atomic mass is 35.5. The van der Waals surface area contributed by atoms with E-state index >= 15 is 0 Å². The Balaban J connectivity index is 1.15. The van der Waals surface area contributed by atoms with Gasteiger partial charge in [0.05, 0.1) is 12.1 Å². The van der Waals surface area contributed by atoms with E-state index in [4.69, 9.17) is 11.6 Å². The van der Waals surface area contributed by atoms with Crippen LogP contribution in [-0.2, 0) is 11.2 Å². The molecule has 3 aromatic carbocycles. The van der Waals surface area contributed by atoms with E-state index in [0.717, 1.165) is 41.3 Å². The van der Waals surface area contributed by atoms with Gasteiger partial charge in [-0.05, 0) is 41.0 Å². The summed E-state index contributed by atoms with van der Waals surface area (Å²) >= 11 is 5.96. The average molecular weight is 469 g/mol. The monoisotopic (exact) mass is 468 g/mol. The van der Waals surface area contributed by atoms with Crippen molar-refractivity contribution in [2.75, 3.05) is 31.1 Å². The van der Waals surface area contributed by atoms with Crippen LogP contribution in [0.15, 0.2) is 91.0 Å². The Labute approximate surface area is 204 Å². The SMILES string of the molecule is O=C(Cc1ccc(-c2ccccc2)cc1)N1CCN(c2ccc(-c3ccc(Cl)cc3)nn2)CC1. The number of benzene rings is 3. The summed E-state index contributed by atoms with van der Waals surface area (Å²) in [5.41, 5.74) is 5.17. The Morgan fingerprint density at radius 1 is 0.706 bits per heavy atom. The maximum absolute atomic E-state index is 12.9. The fourth-order valence-electron chi connectivity index (χ4n) is 4.19. The summed E-state index contributed by atoms with van der Waals surface area (Å²) in [7, 11) is 0. The Hall–Kier alpha value is -3.70. The third kappa shape index (κ3) is 5.10. The number of amides is 1. The van der Waals surface area contributed by atoms with Gasteiger partial charge in [0.2, 0.25) is 5.91 Å². The molecule has 0 aliphatic carbocycles. The number of piperazine rings is 1. The Morgan fingerprint density at radius 2 is 1.35 bits per heavy atom. The van der Waals surface area contributed by atoms with Gasteiger partial charge >= 0.3 is 0 Å². The van der Waals surface area contributed by atoms with E-state index in [1.54, 1.807) is 0 Å². The molecule has 0 atom stereocenters. The lowest BCUT2D eigenvalue weighted by molar-refractivity contribution is -0.130. The molecule has 34 heavy (non-hydrogen) atoms. The molecule has 1 saturated heterocycles. The van der Waals surface area contributed by atoms with Gasteiger partial charge < -0.3 is 9.80 Å². The van der Waals surface area contributed by atoms with E-state index in [1.807, 2.05) is 71.6 Å². The Kier molecular flexibility index (Phi) is 6.54. The molecule has 1 amide bonds. The van der Waals surface area contributed by atoms with E-state index < -0.39 is 0 Å². The molecule has 1 fully saturated rings. The van der Waals surface area contributed by atoms with Crippen LogP contribution >= 0.6 is 11.6 Å². The van der Waals surface area contributed by atoms with Crippen LogP contribution in [0.2, 0.25) is 5.02 Å². The van der Waals surface area contributed by atoms with Crippen molar-refractivity contribution in [2.24, 2.45) is 0 Å². The zero-order chi connectivity index (χ0) is 23.3. The zero-order valence-electron chi connectivity index (χ0n) is 18.8. The number of rotatable bonds is 5. The topological polar surface area (TPSA) is 49.3 Å². The molecular formula is C28H25ClN4O. The number of hydrogen-bond acceptors (Lipinski definition) is 4. The lowest BCUT2D eigenvalue weighted by Crippen LogP contribution is -2.49. The molecule has 0 saturated carbocycles. The molecule has 0 spiro atoms. The lowest BCUT2D eigenvalue weighted by atomic mass is 10.0. The maximum Gasteiger partial charge on any atom is 0.227 e. The predicted molar refractivity (Wildman–Crippen MR) is 137 cm³/mol. The van der Waals surface area contributed by atoms with Crippen LogP contribution in [0.5, 0.6) is 0 Å². The highest BCUT2D eigenvalue weighted by Gasteiger charge is 2.22. The van der Waals surface area contributed by atoms with Crippen molar-refractivity contribution in [2.45, 2.75) is 6.42 Å². The van der Waals surface area contributed by atoms with E-state index in [-0.39, 0.29) is 5.91 Å². The molecule has 0 bridgehead atoms. The molecule has 1 aliphatic rings. The van der Waals surface area contributed by atoms with Gasteiger partial charge in [-0.15, -0.1) is 10.2 Å². The van der Waals surface area contributed by atoms with Crippen molar-refractivity contribution in [1.82, 2.24) is 15.1 Å². The fraction of sp³-hybridized carbons (Fsp3) is 0.179. The number of hydrogen-bond donors (Lipinski definition) is 0. The van der Waals surface area contributed by atoms with Gasteiger partial charge in [0.25, 0.3) is 0 Å². The van der Waals surface area contributed by atoms with E-state index in [1.165, 1.54) is 5.56 Å². The zero-order valence-corrected chi connectivity index (χ0v) is 19.5. The number of halogens is 1. The third-order valence-corrected chi connectivity index (χ3v) is 6.42. The Morgan fingerprint density at radius 3 is 2.00 bits per heavy atom. The van der Waals surface area contributed by atoms with Gasteiger partial charge in [0.15, 0.2) is 5.82 Å². The maximum atomic E-state index is 12.9. The summed E-state index contributed by atoms with van der Waals surface area (Å²) in [5.74, 6) is 0.998. The first kappa shape index (κ1) is 22.1. The van der Waals surface area contributed by atoms with Gasteiger partial charge in [-0.25, -0.2) is 0 Å². The van der Waals surface area contributed by atoms with Crippen LogP contribution in [0, 0.1) is 0 Å². The van der Waals surface area contributed by atoms with Crippen LogP contribution in [0.1, 0.15) is 5.56 Å². The Bertz CT molecular complexity index is 1230. The first-order valence-electron chi connectivity index (χ1n) is 11.4. The summed E-state index contributed by atoms with van der Waals surface area (Å²) in [6.45, 7) is 2.85. The van der Waals surface area contributed by atoms with E-state index in [2.05, 4.69) is 39.4 Å². The van der Waals surface area contributed by atoms with Crippen molar-refractivity contribution < 1.29 is 4.79 Å². The first-order valence-corrected chi connectivity index (χ1v) is 11.8. The summed E-state index contributed by atoms with van der Waals surface area (Å²) in [6, 6.07) is 30.1. The van der Waals surface area contributed by atoms with Crippen molar-refractivity contribution in [3.05, 3.63) is 102 Å². The van der Waals surface area contributed by atoms with Gasteiger partial charge in [-0.2, -0.15) is 0 Å². The number of nitrogens with zero attached hydrogens (tertiary/aromatic N) is 4. The normalized spacial score (nSPS) is 13.7. The van der Waals surface area contributed by atoms with Crippen molar-refractivity contribution >= 4 is 23.3 Å². The van der Waals surface area contributed by atoms with Crippen molar-refractivity contribution in [1.29, 1.82) is 0 Å². The number of carbonyl (C=O) groups is 1.